The number of fused-ring (bicyclic) bond motifs is 1. The third kappa shape index (κ3) is 6.19. The first-order valence-corrected chi connectivity index (χ1v) is 14.4. The van der Waals surface area contributed by atoms with Gasteiger partial charge in [-0.2, -0.15) is 5.26 Å². The van der Waals surface area contributed by atoms with Gasteiger partial charge >= 0.3 is 5.97 Å². The van der Waals surface area contributed by atoms with Crippen LogP contribution in [0.4, 0.5) is 0 Å². The predicted octanol–water partition coefficient (Wildman–Crippen LogP) is 8.17. The molecule has 4 aromatic carbocycles. The minimum absolute atomic E-state index is 0.0417. The van der Waals surface area contributed by atoms with Crippen LogP contribution in [0.2, 0.25) is 10.0 Å². The zero-order valence-corrected chi connectivity index (χ0v) is 25.3. The highest BCUT2D eigenvalue weighted by atomic mass is 79.9. The molecule has 0 bridgehead atoms. The molecule has 0 aromatic heterocycles. The molecule has 0 amide bonds. The van der Waals surface area contributed by atoms with Crippen molar-refractivity contribution in [1.29, 1.82) is 5.26 Å². The van der Waals surface area contributed by atoms with E-state index in [1.54, 1.807) is 66.7 Å². The Morgan fingerprint density at radius 1 is 1.02 bits per heavy atom. The van der Waals surface area contributed by atoms with Crippen molar-refractivity contribution < 1.29 is 23.7 Å². The second-order valence-electron chi connectivity index (χ2n) is 9.16. The molecule has 0 saturated carbocycles. The Hall–Kier alpha value is -4.16. The van der Waals surface area contributed by atoms with Crippen molar-refractivity contribution in [3.63, 3.8) is 0 Å². The van der Waals surface area contributed by atoms with Gasteiger partial charge in [-0.1, -0.05) is 53.5 Å². The first kappa shape index (κ1) is 29.3. The number of halogens is 3. The molecule has 7 nitrogen and oxygen atoms in total. The zero-order chi connectivity index (χ0) is 29.8. The van der Waals surface area contributed by atoms with E-state index in [1.807, 2.05) is 19.1 Å². The first-order valence-electron chi connectivity index (χ1n) is 12.8. The lowest BCUT2D eigenvalue weighted by Crippen LogP contribution is -2.21. The molecule has 0 radical (unpaired) electrons. The summed E-state index contributed by atoms with van der Waals surface area (Å²) < 4.78 is 24.0. The summed E-state index contributed by atoms with van der Waals surface area (Å²) in [7, 11) is 0. The maximum Gasteiger partial charge on any atom is 0.344 e. The Morgan fingerprint density at radius 3 is 2.57 bits per heavy atom. The number of hydrogen-bond acceptors (Lipinski definition) is 7. The predicted molar refractivity (Wildman–Crippen MR) is 163 cm³/mol. The molecule has 42 heavy (non-hydrogen) atoms. The van der Waals surface area contributed by atoms with Crippen LogP contribution in [0.15, 0.2) is 94.8 Å². The van der Waals surface area contributed by atoms with Gasteiger partial charge in [0.15, 0.2) is 11.5 Å². The van der Waals surface area contributed by atoms with Gasteiger partial charge in [-0.25, -0.2) is 4.79 Å². The summed E-state index contributed by atoms with van der Waals surface area (Å²) in [6.07, 6.45) is 0. The summed E-state index contributed by atoms with van der Waals surface area (Å²) in [5, 5.41) is 11.0. The molecule has 0 fully saturated rings. The van der Waals surface area contributed by atoms with Gasteiger partial charge in [0, 0.05) is 31.7 Å². The summed E-state index contributed by atoms with van der Waals surface area (Å²) in [5.74, 6) is 0.482. The quantitative estimate of drug-likeness (QED) is 0.150. The van der Waals surface area contributed by atoms with Crippen LogP contribution in [0, 0.1) is 11.3 Å². The number of benzene rings is 4. The van der Waals surface area contributed by atoms with E-state index < -0.39 is 11.9 Å². The van der Waals surface area contributed by atoms with Crippen molar-refractivity contribution >= 4 is 45.1 Å². The molecule has 10 heteroatoms. The summed E-state index contributed by atoms with van der Waals surface area (Å²) >= 11 is 15.7. The van der Waals surface area contributed by atoms with Crippen molar-refractivity contribution in [2.45, 2.75) is 19.4 Å². The fourth-order valence-electron chi connectivity index (χ4n) is 4.52. The molecule has 1 unspecified atom stereocenters. The van der Waals surface area contributed by atoms with Crippen LogP contribution >= 0.6 is 39.1 Å². The van der Waals surface area contributed by atoms with Gasteiger partial charge in [0.25, 0.3) is 0 Å². The van der Waals surface area contributed by atoms with Gasteiger partial charge in [0.05, 0.1) is 18.1 Å². The van der Waals surface area contributed by atoms with E-state index in [4.69, 9.17) is 47.9 Å². The number of nitrogens with two attached hydrogens (primary N) is 1. The fourth-order valence-corrected chi connectivity index (χ4v) is 5.43. The Bertz CT molecular complexity index is 1750. The Balaban J connectivity index is 1.45. The van der Waals surface area contributed by atoms with Crippen molar-refractivity contribution in [3.05, 3.63) is 127 Å². The third-order valence-electron chi connectivity index (χ3n) is 6.49. The van der Waals surface area contributed by atoms with Crippen LogP contribution in [0.1, 0.15) is 39.9 Å². The van der Waals surface area contributed by atoms with Gasteiger partial charge in [0.2, 0.25) is 5.88 Å². The normalized spacial score (nSPS) is 13.9. The molecule has 2 N–H and O–H groups in total. The minimum Gasteiger partial charge on any atom is -0.490 e. The summed E-state index contributed by atoms with van der Waals surface area (Å²) in [6.45, 7) is 2.46. The number of carbonyl (C=O) groups is 1. The van der Waals surface area contributed by atoms with E-state index in [0.717, 1.165) is 11.1 Å². The number of rotatable bonds is 8. The summed E-state index contributed by atoms with van der Waals surface area (Å²) in [4.78, 5) is 12.8. The van der Waals surface area contributed by atoms with Crippen molar-refractivity contribution in [1.82, 2.24) is 0 Å². The molecule has 1 heterocycles. The second kappa shape index (κ2) is 12.8. The van der Waals surface area contributed by atoms with Crippen molar-refractivity contribution in [3.8, 4) is 29.1 Å². The van der Waals surface area contributed by atoms with Gasteiger partial charge < -0.3 is 24.7 Å². The SMILES string of the molecule is CCOc1cc(C2C(C#N)=C(N)Oc3cc(OC(=O)c4ccccc4Br)ccc32)ccc1OCc1ccc(Cl)cc1Cl. The van der Waals surface area contributed by atoms with Crippen molar-refractivity contribution in [2.75, 3.05) is 6.61 Å². The lowest BCUT2D eigenvalue weighted by molar-refractivity contribution is 0.0733. The number of carbonyl (C=O) groups excluding carboxylic acids is 1. The number of hydrogen-bond donors (Lipinski definition) is 1. The average Bonchev–Trinajstić information content (AvgIpc) is 2.97. The summed E-state index contributed by atoms with van der Waals surface area (Å²) in [6, 6.07) is 24.8. The Labute approximate surface area is 261 Å². The molecule has 1 aliphatic rings. The number of nitrogens with zero attached hydrogens (tertiary/aromatic N) is 1. The topological polar surface area (TPSA) is 104 Å². The second-order valence-corrected chi connectivity index (χ2v) is 10.9. The molecular formula is C32H23BrCl2N2O5. The summed E-state index contributed by atoms with van der Waals surface area (Å²) in [5.41, 5.74) is 8.99. The molecule has 212 valence electrons. The van der Waals surface area contributed by atoms with Crippen LogP contribution in [0.5, 0.6) is 23.0 Å². The maximum atomic E-state index is 12.8. The standard InChI is InChI=1S/C32H23BrCl2N2O5/c1-2-39-29-13-18(8-12-27(29)40-17-19-7-9-20(34)14-26(19)35)30-23-11-10-21(15-28(23)42-31(37)24(30)16-36)41-32(38)22-5-3-4-6-25(22)33/h3-15,30H,2,17,37H2,1H3. The van der Waals surface area contributed by atoms with Crippen LogP contribution in [-0.2, 0) is 6.61 Å². The molecule has 0 spiro atoms. The molecule has 1 aliphatic heterocycles. The van der Waals surface area contributed by atoms with Crippen LogP contribution < -0.4 is 24.7 Å². The highest BCUT2D eigenvalue weighted by molar-refractivity contribution is 9.10. The molecule has 5 rings (SSSR count). The Kier molecular flexibility index (Phi) is 8.93. The van der Waals surface area contributed by atoms with Crippen LogP contribution in [-0.4, -0.2) is 12.6 Å². The van der Waals surface area contributed by atoms with Gasteiger partial charge in [-0.05, 0) is 70.9 Å². The van der Waals surface area contributed by atoms with Gasteiger partial charge in [-0.15, -0.1) is 0 Å². The number of ether oxygens (including phenoxy) is 4. The lowest BCUT2D eigenvalue weighted by Gasteiger charge is -2.27. The Morgan fingerprint density at radius 2 is 1.83 bits per heavy atom. The molecular weight excluding hydrogens is 643 g/mol. The fraction of sp³-hybridized carbons (Fsp3) is 0.125. The monoisotopic (exact) mass is 664 g/mol. The average molecular weight is 666 g/mol. The maximum absolute atomic E-state index is 12.8. The van der Waals surface area contributed by atoms with E-state index in [9.17, 15) is 10.1 Å². The van der Waals surface area contributed by atoms with E-state index >= 15 is 0 Å². The number of esters is 1. The molecule has 0 saturated heterocycles. The van der Waals surface area contributed by atoms with E-state index in [2.05, 4.69) is 22.0 Å². The molecule has 4 aromatic rings. The van der Waals surface area contributed by atoms with Crippen molar-refractivity contribution in [2.24, 2.45) is 5.73 Å². The van der Waals surface area contributed by atoms with E-state index in [-0.39, 0.29) is 23.8 Å². The lowest BCUT2D eigenvalue weighted by atomic mass is 9.83. The zero-order valence-electron chi connectivity index (χ0n) is 22.2. The molecule has 1 atom stereocenters. The van der Waals surface area contributed by atoms with Gasteiger partial charge in [0.1, 0.15) is 29.7 Å². The van der Waals surface area contributed by atoms with Crippen LogP contribution in [0.25, 0.3) is 0 Å². The van der Waals surface area contributed by atoms with E-state index in [0.29, 0.717) is 49.5 Å². The molecule has 0 aliphatic carbocycles. The minimum atomic E-state index is -0.564. The third-order valence-corrected chi connectivity index (χ3v) is 7.77. The van der Waals surface area contributed by atoms with Crippen LogP contribution in [0.3, 0.4) is 0 Å². The highest BCUT2D eigenvalue weighted by Gasteiger charge is 2.32. The number of allylic oxidation sites excluding steroid dienone is 1. The van der Waals surface area contributed by atoms with E-state index in [1.165, 1.54) is 0 Å². The number of nitriles is 1. The van der Waals surface area contributed by atoms with Gasteiger partial charge in [-0.3, -0.25) is 0 Å². The highest BCUT2D eigenvalue weighted by Crippen LogP contribution is 2.45. The largest absolute Gasteiger partial charge is 0.490 e. The smallest absolute Gasteiger partial charge is 0.344 e. The first-order chi connectivity index (χ1) is 20.3.